The number of cyclic esters (lactones) is 1. The number of halogens is 1. The van der Waals surface area contributed by atoms with Gasteiger partial charge in [0.1, 0.15) is 18.5 Å². The predicted octanol–water partition coefficient (Wildman–Crippen LogP) is 1.28. The molecule has 0 aliphatic carbocycles. The Morgan fingerprint density at radius 1 is 1.23 bits per heavy atom. The van der Waals surface area contributed by atoms with Crippen LogP contribution in [0.4, 0.5) is 14.9 Å². The van der Waals surface area contributed by atoms with Crippen molar-refractivity contribution in [2.45, 2.75) is 25.5 Å². The Kier molecular flexibility index (Phi) is 10.2. The van der Waals surface area contributed by atoms with E-state index in [0.717, 1.165) is 0 Å². The molecule has 1 aromatic carbocycles. The summed E-state index contributed by atoms with van der Waals surface area (Å²) in [6.45, 7) is 3.84. The number of hydrogen-bond acceptors (Lipinski definition) is 8. The lowest BCUT2D eigenvalue weighted by molar-refractivity contribution is -0.125. The van der Waals surface area contributed by atoms with Crippen LogP contribution in [0.2, 0.25) is 0 Å². The fraction of sp³-hybridized carbons (Fsp3) is 0.542. The molecule has 2 heterocycles. The Bertz CT molecular complexity index is 940. The number of carbonyl (C=O) groups is 3. The minimum absolute atomic E-state index is 0.0762. The molecule has 1 saturated heterocycles. The van der Waals surface area contributed by atoms with E-state index >= 15 is 4.39 Å². The molecule has 0 spiro atoms. The molecule has 10 nitrogen and oxygen atoms in total. The van der Waals surface area contributed by atoms with Gasteiger partial charge in [-0.3, -0.25) is 14.5 Å². The van der Waals surface area contributed by atoms with E-state index in [1.54, 1.807) is 25.3 Å². The molecule has 1 fully saturated rings. The van der Waals surface area contributed by atoms with E-state index in [2.05, 4.69) is 10.6 Å². The van der Waals surface area contributed by atoms with E-state index in [1.165, 1.54) is 17.9 Å². The SMILES string of the molecule is COCCOCCOCC(=O)C1C=C(c2ccc(N3C[C@H](CNC(C)=O)OC3=O)cc2F)CCN1. The molecular formula is C24H32FN3O7. The summed E-state index contributed by atoms with van der Waals surface area (Å²) in [5.41, 5.74) is 1.45. The molecule has 2 amide bonds. The molecule has 0 saturated carbocycles. The summed E-state index contributed by atoms with van der Waals surface area (Å²) in [7, 11) is 1.59. The van der Waals surface area contributed by atoms with Gasteiger partial charge in [0.05, 0.1) is 51.2 Å². The molecule has 0 bridgehead atoms. The maximum atomic E-state index is 15.0. The zero-order chi connectivity index (χ0) is 25.2. The number of Topliss-reactive ketones (excluding diaryl/α,β-unsaturated/α-hetero) is 1. The van der Waals surface area contributed by atoms with E-state index in [-0.39, 0.29) is 31.4 Å². The molecule has 1 aromatic rings. The summed E-state index contributed by atoms with van der Waals surface area (Å²) < 4.78 is 35.8. The van der Waals surface area contributed by atoms with Crippen molar-refractivity contribution >= 4 is 29.0 Å². The lowest BCUT2D eigenvalue weighted by Gasteiger charge is -2.23. The maximum absolute atomic E-state index is 15.0. The van der Waals surface area contributed by atoms with Crippen LogP contribution in [-0.2, 0) is 28.5 Å². The summed E-state index contributed by atoms with van der Waals surface area (Å²) in [6, 6.07) is 3.96. The highest BCUT2D eigenvalue weighted by Gasteiger charge is 2.33. The van der Waals surface area contributed by atoms with Crippen molar-refractivity contribution in [3.63, 3.8) is 0 Å². The number of rotatable bonds is 13. The number of hydrogen-bond donors (Lipinski definition) is 2. The number of ether oxygens (including phenoxy) is 4. The second-order valence-corrected chi connectivity index (χ2v) is 8.22. The molecule has 192 valence electrons. The van der Waals surface area contributed by atoms with Crippen molar-refractivity contribution in [1.82, 2.24) is 10.6 Å². The molecule has 2 aliphatic heterocycles. The maximum Gasteiger partial charge on any atom is 0.414 e. The molecule has 0 radical (unpaired) electrons. The number of nitrogens with one attached hydrogen (secondary N) is 2. The van der Waals surface area contributed by atoms with Gasteiger partial charge in [0.15, 0.2) is 5.78 Å². The van der Waals surface area contributed by atoms with E-state index in [0.29, 0.717) is 56.2 Å². The monoisotopic (exact) mass is 493 g/mol. The third-order valence-electron chi connectivity index (χ3n) is 5.58. The van der Waals surface area contributed by atoms with Gasteiger partial charge in [-0.15, -0.1) is 0 Å². The number of methoxy groups -OCH3 is 1. The topological polar surface area (TPSA) is 115 Å². The highest BCUT2D eigenvalue weighted by molar-refractivity contribution is 5.91. The summed E-state index contributed by atoms with van der Waals surface area (Å²) >= 11 is 0. The summed E-state index contributed by atoms with van der Waals surface area (Å²) in [6.07, 6.45) is 1.17. The van der Waals surface area contributed by atoms with Gasteiger partial charge in [0.2, 0.25) is 5.91 Å². The lowest BCUT2D eigenvalue weighted by Crippen LogP contribution is -2.40. The van der Waals surface area contributed by atoms with Gasteiger partial charge in [-0.1, -0.05) is 6.08 Å². The van der Waals surface area contributed by atoms with Gasteiger partial charge >= 0.3 is 6.09 Å². The summed E-state index contributed by atoms with van der Waals surface area (Å²) in [4.78, 5) is 37.1. The zero-order valence-electron chi connectivity index (χ0n) is 20.0. The molecule has 1 unspecified atom stereocenters. The number of carbonyl (C=O) groups excluding carboxylic acids is 3. The van der Waals surface area contributed by atoms with E-state index < -0.39 is 24.1 Å². The minimum atomic E-state index is -0.594. The van der Waals surface area contributed by atoms with Crippen LogP contribution in [0.25, 0.3) is 5.57 Å². The number of nitrogens with zero attached hydrogens (tertiary/aromatic N) is 1. The first-order valence-corrected chi connectivity index (χ1v) is 11.5. The van der Waals surface area contributed by atoms with Gasteiger partial charge in [-0.05, 0) is 30.2 Å². The fourth-order valence-corrected chi connectivity index (χ4v) is 3.79. The van der Waals surface area contributed by atoms with Gasteiger partial charge in [0, 0.05) is 26.1 Å². The van der Waals surface area contributed by atoms with Crippen molar-refractivity contribution in [2.75, 3.05) is 64.7 Å². The van der Waals surface area contributed by atoms with Crippen LogP contribution in [0.3, 0.4) is 0 Å². The van der Waals surface area contributed by atoms with Crippen LogP contribution in [-0.4, -0.2) is 89.7 Å². The van der Waals surface area contributed by atoms with E-state index in [9.17, 15) is 14.4 Å². The van der Waals surface area contributed by atoms with Gasteiger partial charge in [0.25, 0.3) is 0 Å². The third-order valence-corrected chi connectivity index (χ3v) is 5.58. The number of benzene rings is 1. The Balaban J connectivity index is 1.57. The molecule has 2 aliphatic rings. The molecule has 2 atom stereocenters. The van der Waals surface area contributed by atoms with E-state index in [4.69, 9.17) is 18.9 Å². The van der Waals surface area contributed by atoms with Crippen LogP contribution in [0.5, 0.6) is 0 Å². The standard InChI is InChI=1S/C24H32FN3O7/c1-16(29)27-13-19-14-28(24(31)35-19)18-3-4-20(21(25)12-18)17-5-6-26-22(11-17)23(30)15-34-10-9-33-8-7-32-2/h3-4,11-12,19,22,26H,5-10,13-15H2,1-2H3,(H,27,29)/t19-,22?/m0/s1. The summed E-state index contributed by atoms with van der Waals surface area (Å²) in [5.74, 6) is -0.869. The molecule has 35 heavy (non-hydrogen) atoms. The molecule has 2 N–H and O–H groups in total. The normalized spacial score (nSPS) is 19.9. The smallest absolute Gasteiger partial charge is 0.414 e. The average Bonchev–Trinajstić information content (AvgIpc) is 3.22. The molecular weight excluding hydrogens is 461 g/mol. The highest BCUT2D eigenvalue weighted by Crippen LogP contribution is 2.29. The predicted molar refractivity (Wildman–Crippen MR) is 126 cm³/mol. The van der Waals surface area contributed by atoms with Crippen molar-refractivity contribution in [3.8, 4) is 0 Å². The molecule has 3 rings (SSSR count). The van der Waals surface area contributed by atoms with Crippen LogP contribution < -0.4 is 15.5 Å². The Morgan fingerprint density at radius 3 is 2.74 bits per heavy atom. The van der Waals surface area contributed by atoms with Crippen molar-refractivity contribution < 1.29 is 37.7 Å². The Hall–Kier alpha value is -2.86. The first kappa shape index (κ1) is 26.7. The van der Waals surface area contributed by atoms with Crippen LogP contribution >= 0.6 is 0 Å². The van der Waals surface area contributed by atoms with Crippen molar-refractivity contribution in [1.29, 1.82) is 0 Å². The second-order valence-electron chi connectivity index (χ2n) is 8.22. The fourth-order valence-electron chi connectivity index (χ4n) is 3.79. The minimum Gasteiger partial charge on any atom is -0.442 e. The quantitative estimate of drug-likeness (QED) is 0.395. The summed E-state index contributed by atoms with van der Waals surface area (Å²) in [5, 5.41) is 5.72. The average molecular weight is 494 g/mol. The first-order chi connectivity index (χ1) is 16.9. The number of anilines is 1. The zero-order valence-corrected chi connectivity index (χ0v) is 20.0. The Labute approximate surface area is 203 Å². The van der Waals surface area contributed by atoms with Crippen molar-refractivity contribution in [3.05, 3.63) is 35.7 Å². The van der Waals surface area contributed by atoms with Gasteiger partial charge in [-0.25, -0.2) is 9.18 Å². The van der Waals surface area contributed by atoms with Crippen LogP contribution in [0.1, 0.15) is 18.9 Å². The van der Waals surface area contributed by atoms with Crippen LogP contribution in [0, 0.1) is 5.82 Å². The van der Waals surface area contributed by atoms with Gasteiger partial charge < -0.3 is 29.6 Å². The van der Waals surface area contributed by atoms with E-state index in [1.807, 2.05) is 0 Å². The first-order valence-electron chi connectivity index (χ1n) is 11.5. The van der Waals surface area contributed by atoms with Crippen LogP contribution in [0.15, 0.2) is 24.3 Å². The number of ketones is 1. The Morgan fingerprint density at radius 2 is 2.00 bits per heavy atom. The molecule has 11 heteroatoms. The second kappa shape index (κ2) is 13.3. The number of amides is 2. The third kappa shape index (κ3) is 7.82. The largest absolute Gasteiger partial charge is 0.442 e. The lowest BCUT2D eigenvalue weighted by atomic mass is 9.95. The highest BCUT2D eigenvalue weighted by atomic mass is 19.1. The molecule has 0 aromatic heterocycles. The van der Waals surface area contributed by atoms with Gasteiger partial charge in [-0.2, -0.15) is 0 Å². The van der Waals surface area contributed by atoms with Crippen molar-refractivity contribution in [2.24, 2.45) is 0 Å².